The molecule has 1 fully saturated rings. The Labute approximate surface area is 164 Å². The van der Waals surface area contributed by atoms with E-state index < -0.39 is 0 Å². The minimum atomic E-state index is 0.00818. The average molecular weight is 387 g/mol. The van der Waals surface area contributed by atoms with Gasteiger partial charge in [-0.25, -0.2) is 0 Å². The van der Waals surface area contributed by atoms with Crippen LogP contribution in [0.1, 0.15) is 36.8 Å². The Kier molecular flexibility index (Phi) is 5.78. The fourth-order valence-corrected chi connectivity index (χ4v) is 4.52. The van der Waals surface area contributed by atoms with Crippen molar-refractivity contribution < 1.29 is 9.53 Å². The zero-order valence-corrected chi connectivity index (χ0v) is 16.6. The Morgan fingerprint density at radius 2 is 2.11 bits per heavy atom. The molecule has 1 saturated heterocycles. The minimum Gasteiger partial charge on any atom is -0.376 e. The van der Waals surface area contributed by atoms with Crippen LogP contribution in [-0.4, -0.2) is 45.7 Å². The van der Waals surface area contributed by atoms with E-state index in [-0.39, 0.29) is 12.0 Å². The number of aryl methyl sites for hydroxylation is 2. The number of hydrogen-bond acceptors (Lipinski definition) is 5. The lowest BCUT2D eigenvalue weighted by molar-refractivity contribution is -0.119. The van der Waals surface area contributed by atoms with Crippen molar-refractivity contribution in [2.75, 3.05) is 18.9 Å². The van der Waals surface area contributed by atoms with Crippen molar-refractivity contribution >= 4 is 17.7 Å². The monoisotopic (exact) mass is 386 g/mol. The standard InChI is InChI=1S/C20H26N4O2S/c1-24-19(16-9-8-14-5-2-3-6-15(14)11-16)22-23-20(24)27-13-18(25)21-12-17-7-4-10-26-17/h8-9,11,17H,2-7,10,12-13H2,1H3,(H,21,25)/t17-/m1/s1. The van der Waals surface area contributed by atoms with Gasteiger partial charge in [-0.05, 0) is 55.7 Å². The average Bonchev–Trinajstić information content (AvgIpc) is 3.34. The number of hydrogen-bond donors (Lipinski definition) is 1. The van der Waals surface area contributed by atoms with Crippen LogP contribution in [0.15, 0.2) is 23.4 Å². The van der Waals surface area contributed by atoms with Gasteiger partial charge in [-0.2, -0.15) is 0 Å². The van der Waals surface area contributed by atoms with Crippen LogP contribution < -0.4 is 5.32 Å². The van der Waals surface area contributed by atoms with Crippen LogP contribution in [0, 0.1) is 0 Å². The van der Waals surface area contributed by atoms with Gasteiger partial charge in [0.2, 0.25) is 5.91 Å². The number of benzene rings is 1. The molecule has 0 bridgehead atoms. The third-order valence-electron chi connectivity index (χ3n) is 5.32. The van der Waals surface area contributed by atoms with Crippen LogP contribution >= 0.6 is 11.8 Å². The van der Waals surface area contributed by atoms with Gasteiger partial charge >= 0.3 is 0 Å². The molecule has 4 rings (SSSR count). The molecule has 7 heteroatoms. The summed E-state index contributed by atoms with van der Waals surface area (Å²) in [6.45, 7) is 1.40. The number of aromatic nitrogens is 3. The van der Waals surface area contributed by atoms with Crippen LogP contribution in [-0.2, 0) is 29.4 Å². The van der Waals surface area contributed by atoms with E-state index >= 15 is 0 Å². The van der Waals surface area contributed by atoms with E-state index in [1.807, 2.05) is 11.6 Å². The van der Waals surface area contributed by atoms with E-state index in [1.54, 1.807) is 0 Å². The summed E-state index contributed by atoms with van der Waals surface area (Å²) in [4.78, 5) is 12.1. The molecular weight excluding hydrogens is 360 g/mol. The van der Waals surface area contributed by atoms with Gasteiger partial charge in [-0.3, -0.25) is 4.79 Å². The Balaban J connectivity index is 1.36. The lowest BCUT2D eigenvalue weighted by Crippen LogP contribution is -2.32. The number of amides is 1. The first-order valence-corrected chi connectivity index (χ1v) is 10.7. The molecule has 6 nitrogen and oxygen atoms in total. The summed E-state index contributed by atoms with van der Waals surface area (Å²) in [5.41, 5.74) is 3.99. The highest BCUT2D eigenvalue weighted by atomic mass is 32.2. The molecule has 0 radical (unpaired) electrons. The Bertz CT molecular complexity index is 814. The SMILES string of the molecule is Cn1c(SCC(=O)NC[C@H]2CCCO2)nnc1-c1ccc2c(c1)CCCC2. The molecule has 1 atom stereocenters. The van der Waals surface area contributed by atoms with Crippen molar-refractivity contribution in [2.45, 2.75) is 49.8 Å². The first-order chi connectivity index (χ1) is 13.2. The molecule has 2 aromatic rings. The third kappa shape index (κ3) is 4.35. The Morgan fingerprint density at radius 3 is 2.93 bits per heavy atom. The van der Waals surface area contributed by atoms with E-state index in [4.69, 9.17) is 4.74 Å². The zero-order chi connectivity index (χ0) is 18.6. The summed E-state index contributed by atoms with van der Waals surface area (Å²) in [6, 6.07) is 6.61. The van der Waals surface area contributed by atoms with Crippen LogP contribution in [0.2, 0.25) is 0 Å². The predicted octanol–water partition coefficient (Wildman–Crippen LogP) is 2.75. The topological polar surface area (TPSA) is 69.0 Å². The Hall–Kier alpha value is -1.86. The lowest BCUT2D eigenvalue weighted by atomic mass is 9.90. The zero-order valence-electron chi connectivity index (χ0n) is 15.7. The van der Waals surface area contributed by atoms with Crippen LogP contribution in [0.25, 0.3) is 11.4 Å². The number of thioether (sulfide) groups is 1. The quantitative estimate of drug-likeness (QED) is 0.773. The maximum absolute atomic E-state index is 12.1. The molecular formula is C20H26N4O2S. The van der Waals surface area contributed by atoms with Gasteiger partial charge in [0.1, 0.15) is 0 Å². The van der Waals surface area contributed by atoms with E-state index in [9.17, 15) is 4.79 Å². The molecule has 1 aromatic carbocycles. The molecule has 1 aliphatic heterocycles. The van der Waals surface area contributed by atoms with Crippen molar-refractivity contribution in [1.29, 1.82) is 0 Å². The highest BCUT2D eigenvalue weighted by Gasteiger charge is 2.18. The molecule has 2 heterocycles. The smallest absolute Gasteiger partial charge is 0.230 e. The molecule has 0 spiro atoms. The second kappa shape index (κ2) is 8.44. The summed E-state index contributed by atoms with van der Waals surface area (Å²) >= 11 is 1.42. The van der Waals surface area contributed by atoms with Gasteiger partial charge in [0.05, 0.1) is 11.9 Å². The lowest BCUT2D eigenvalue weighted by Gasteiger charge is -2.16. The number of ether oxygens (including phenoxy) is 1. The van der Waals surface area contributed by atoms with E-state index in [2.05, 4.69) is 33.7 Å². The van der Waals surface area contributed by atoms with Crippen molar-refractivity contribution in [3.63, 3.8) is 0 Å². The van der Waals surface area contributed by atoms with Crippen molar-refractivity contribution in [3.05, 3.63) is 29.3 Å². The number of fused-ring (bicyclic) bond motifs is 1. The van der Waals surface area contributed by atoms with Gasteiger partial charge in [-0.1, -0.05) is 23.9 Å². The summed E-state index contributed by atoms with van der Waals surface area (Å²) in [5, 5.41) is 12.4. The predicted molar refractivity (Wildman–Crippen MR) is 106 cm³/mol. The molecule has 1 aromatic heterocycles. The maximum atomic E-state index is 12.1. The molecule has 1 aliphatic carbocycles. The first-order valence-electron chi connectivity index (χ1n) is 9.73. The largest absolute Gasteiger partial charge is 0.376 e. The normalized spacial score (nSPS) is 19.1. The first kappa shape index (κ1) is 18.5. The van der Waals surface area contributed by atoms with E-state index in [1.165, 1.54) is 42.2 Å². The number of nitrogens with one attached hydrogen (secondary N) is 1. The summed E-state index contributed by atoms with van der Waals surface area (Å²) < 4.78 is 7.50. The second-order valence-electron chi connectivity index (χ2n) is 7.28. The Morgan fingerprint density at radius 1 is 1.26 bits per heavy atom. The fraction of sp³-hybridized carbons (Fsp3) is 0.550. The van der Waals surface area contributed by atoms with Gasteiger partial charge < -0.3 is 14.6 Å². The summed E-state index contributed by atoms with van der Waals surface area (Å²) in [6.07, 6.45) is 7.15. The highest BCUT2D eigenvalue weighted by molar-refractivity contribution is 7.99. The third-order valence-corrected chi connectivity index (χ3v) is 6.35. The summed E-state index contributed by atoms with van der Waals surface area (Å²) in [7, 11) is 1.96. The number of rotatable bonds is 6. The number of carbonyl (C=O) groups excluding carboxylic acids is 1. The van der Waals surface area contributed by atoms with Crippen LogP contribution in [0.5, 0.6) is 0 Å². The molecule has 27 heavy (non-hydrogen) atoms. The van der Waals surface area contributed by atoms with Gasteiger partial charge in [0.25, 0.3) is 0 Å². The molecule has 0 saturated carbocycles. The fourth-order valence-electron chi connectivity index (χ4n) is 3.78. The second-order valence-corrected chi connectivity index (χ2v) is 8.23. The van der Waals surface area contributed by atoms with Gasteiger partial charge in [0.15, 0.2) is 11.0 Å². The van der Waals surface area contributed by atoms with Crippen LogP contribution in [0.4, 0.5) is 0 Å². The van der Waals surface area contributed by atoms with E-state index in [0.29, 0.717) is 12.3 Å². The van der Waals surface area contributed by atoms with E-state index in [0.717, 1.165) is 42.4 Å². The number of carbonyl (C=O) groups is 1. The number of nitrogens with zero attached hydrogens (tertiary/aromatic N) is 3. The van der Waals surface area contributed by atoms with Crippen LogP contribution in [0.3, 0.4) is 0 Å². The maximum Gasteiger partial charge on any atom is 0.230 e. The highest BCUT2D eigenvalue weighted by Crippen LogP contribution is 2.28. The van der Waals surface area contributed by atoms with Crippen molar-refractivity contribution in [1.82, 2.24) is 20.1 Å². The van der Waals surface area contributed by atoms with Crippen molar-refractivity contribution in [2.24, 2.45) is 7.05 Å². The molecule has 144 valence electrons. The molecule has 2 aliphatic rings. The van der Waals surface area contributed by atoms with Crippen molar-refractivity contribution in [3.8, 4) is 11.4 Å². The molecule has 0 unspecified atom stereocenters. The minimum absolute atomic E-state index is 0.00818. The molecule has 1 N–H and O–H groups in total. The van der Waals surface area contributed by atoms with Gasteiger partial charge in [-0.15, -0.1) is 10.2 Å². The van der Waals surface area contributed by atoms with Gasteiger partial charge in [0, 0.05) is 25.8 Å². The summed E-state index contributed by atoms with van der Waals surface area (Å²) in [5.74, 6) is 1.20. The molecule has 1 amide bonds.